The SMILES string of the molecule is C[C@@H](NI)c1ccccc1. The van der Waals surface area contributed by atoms with Gasteiger partial charge < -0.3 is 0 Å². The first-order valence-corrected chi connectivity index (χ1v) is 4.33. The Hall–Kier alpha value is -0.0900. The zero-order valence-corrected chi connectivity index (χ0v) is 8.00. The maximum absolute atomic E-state index is 3.15. The molecule has 10 heavy (non-hydrogen) atoms. The predicted octanol–water partition coefficient (Wildman–Crippen LogP) is 2.69. The van der Waals surface area contributed by atoms with E-state index in [9.17, 15) is 0 Å². The summed E-state index contributed by atoms with van der Waals surface area (Å²) in [5.74, 6) is 0. The molecule has 0 aliphatic rings. The minimum absolute atomic E-state index is 0.446. The van der Waals surface area contributed by atoms with E-state index in [-0.39, 0.29) is 0 Å². The molecule has 0 unspecified atom stereocenters. The van der Waals surface area contributed by atoms with E-state index in [4.69, 9.17) is 0 Å². The second-order valence-electron chi connectivity index (χ2n) is 2.24. The lowest BCUT2D eigenvalue weighted by molar-refractivity contribution is 0.778. The van der Waals surface area contributed by atoms with E-state index in [0.29, 0.717) is 6.04 Å². The van der Waals surface area contributed by atoms with Gasteiger partial charge in [-0.25, -0.2) is 0 Å². The second kappa shape index (κ2) is 3.93. The molecule has 0 bridgehead atoms. The number of hydrogen-bond donors (Lipinski definition) is 1. The lowest BCUT2D eigenvalue weighted by atomic mass is 10.1. The summed E-state index contributed by atoms with van der Waals surface area (Å²) < 4.78 is 3.15. The molecule has 0 heterocycles. The maximum atomic E-state index is 3.15. The van der Waals surface area contributed by atoms with Crippen molar-refractivity contribution in [3.8, 4) is 0 Å². The summed E-state index contributed by atoms with van der Waals surface area (Å²) in [4.78, 5) is 0. The van der Waals surface area contributed by atoms with Crippen LogP contribution in [0.3, 0.4) is 0 Å². The molecule has 0 saturated carbocycles. The van der Waals surface area contributed by atoms with Gasteiger partial charge in [0.2, 0.25) is 0 Å². The Balaban J connectivity index is 2.75. The van der Waals surface area contributed by atoms with E-state index in [0.717, 1.165) is 0 Å². The molecule has 1 aromatic rings. The first kappa shape index (κ1) is 8.01. The van der Waals surface area contributed by atoms with Crippen LogP contribution in [0, 0.1) is 0 Å². The van der Waals surface area contributed by atoms with Crippen molar-refractivity contribution >= 4 is 22.9 Å². The lowest BCUT2D eigenvalue weighted by Crippen LogP contribution is -2.04. The molecule has 0 radical (unpaired) electrons. The van der Waals surface area contributed by atoms with Gasteiger partial charge in [-0.05, 0) is 12.5 Å². The Morgan fingerprint density at radius 2 is 1.90 bits per heavy atom. The third-order valence-electron chi connectivity index (χ3n) is 1.46. The molecule has 0 saturated heterocycles. The summed E-state index contributed by atoms with van der Waals surface area (Å²) in [5, 5.41) is 0. The Morgan fingerprint density at radius 1 is 1.30 bits per heavy atom. The average Bonchev–Trinajstić information content (AvgIpc) is 2.05. The van der Waals surface area contributed by atoms with E-state index in [1.54, 1.807) is 0 Å². The highest BCUT2D eigenvalue weighted by atomic mass is 127. The van der Waals surface area contributed by atoms with Gasteiger partial charge in [0.1, 0.15) is 0 Å². The van der Waals surface area contributed by atoms with E-state index < -0.39 is 0 Å². The minimum Gasteiger partial charge on any atom is -0.254 e. The fourth-order valence-corrected chi connectivity index (χ4v) is 1.16. The van der Waals surface area contributed by atoms with Gasteiger partial charge in [0.15, 0.2) is 0 Å². The van der Waals surface area contributed by atoms with Gasteiger partial charge in [-0.3, -0.25) is 3.53 Å². The van der Waals surface area contributed by atoms with E-state index in [1.165, 1.54) is 5.56 Å². The van der Waals surface area contributed by atoms with Crippen LogP contribution in [0.4, 0.5) is 0 Å². The number of rotatable bonds is 2. The van der Waals surface area contributed by atoms with Crippen LogP contribution in [0.5, 0.6) is 0 Å². The number of benzene rings is 1. The number of hydrogen-bond acceptors (Lipinski definition) is 1. The summed E-state index contributed by atoms with van der Waals surface area (Å²) in [6, 6.07) is 10.8. The molecule has 0 amide bonds. The summed E-state index contributed by atoms with van der Waals surface area (Å²) in [7, 11) is 0. The largest absolute Gasteiger partial charge is 0.254 e. The molecule has 0 aliphatic heterocycles. The van der Waals surface area contributed by atoms with Crippen molar-refractivity contribution in [2.24, 2.45) is 0 Å². The van der Waals surface area contributed by atoms with Crippen LogP contribution < -0.4 is 3.53 Å². The molecule has 1 nitrogen and oxygen atoms in total. The van der Waals surface area contributed by atoms with Crippen LogP contribution in [0.1, 0.15) is 18.5 Å². The first-order valence-electron chi connectivity index (χ1n) is 3.25. The van der Waals surface area contributed by atoms with Gasteiger partial charge in [0.05, 0.1) is 0 Å². The van der Waals surface area contributed by atoms with Crippen molar-refractivity contribution in [1.82, 2.24) is 3.53 Å². The van der Waals surface area contributed by atoms with Crippen LogP contribution in [-0.2, 0) is 0 Å². The zero-order valence-electron chi connectivity index (χ0n) is 5.84. The first-order chi connectivity index (χ1) is 4.84. The van der Waals surface area contributed by atoms with Crippen molar-refractivity contribution < 1.29 is 0 Å². The summed E-state index contributed by atoms with van der Waals surface area (Å²) in [5.41, 5.74) is 1.33. The van der Waals surface area contributed by atoms with E-state index in [2.05, 4.69) is 57.6 Å². The highest BCUT2D eigenvalue weighted by molar-refractivity contribution is 14.1. The molecular formula is C8H10IN. The van der Waals surface area contributed by atoms with Crippen molar-refractivity contribution in [2.45, 2.75) is 13.0 Å². The summed E-state index contributed by atoms with van der Waals surface area (Å²) in [6.07, 6.45) is 0. The molecule has 0 aromatic heterocycles. The smallest absolute Gasteiger partial charge is 0.0384 e. The van der Waals surface area contributed by atoms with Gasteiger partial charge >= 0.3 is 0 Å². The Bertz CT molecular complexity index is 186. The summed E-state index contributed by atoms with van der Waals surface area (Å²) >= 11 is 2.17. The van der Waals surface area contributed by atoms with Gasteiger partial charge in [0, 0.05) is 28.9 Å². The normalized spacial score (nSPS) is 13.0. The fourth-order valence-electron chi connectivity index (χ4n) is 0.805. The maximum Gasteiger partial charge on any atom is 0.0384 e. The minimum atomic E-state index is 0.446. The lowest BCUT2D eigenvalue weighted by Gasteiger charge is -2.07. The Kier molecular flexibility index (Phi) is 3.15. The van der Waals surface area contributed by atoms with E-state index >= 15 is 0 Å². The molecule has 2 heteroatoms. The monoisotopic (exact) mass is 247 g/mol. The average molecular weight is 247 g/mol. The molecule has 1 N–H and O–H groups in total. The molecule has 0 aliphatic carbocycles. The number of halogens is 1. The second-order valence-corrected chi connectivity index (χ2v) is 2.86. The Labute approximate surface area is 75.3 Å². The predicted molar refractivity (Wildman–Crippen MR) is 52.0 cm³/mol. The van der Waals surface area contributed by atoms with Crippen LogP contribution in [0.25, 0.3) is 0 Å². The molecule has 1 rings (SSSR count). The van der Waals surface area contributed by atoms with Crippen LogP contribution in [0.15, 0.2) is 30.3 Å². The molecule has 54 valence electrons. The van der Waals surface area contributed by atoms with Crippen LogP contribution in [0.2, 0.25) is 0 Å². The number of nitrogens with one attached hydrogen (secondary N) is 1. The highest BCUT2D eigenvalue weighted by Gasteiger charge is 1.98. The molecule has 0 spiro atoms. The third-order valence-corrected chi connectivity index (χ3v) is 2.40. The summed E-state index contributed by atoms with van der Waals surface area (Å²) in [6.45, 7) is 2.14. The molecule has 1 aromatic carbocycles. The topological polar surface area (TPSA) is 12.0 Å². The highest BCUT2D eigenvalue weighted by Crippen LogP contribution is 2.11. The molecular weight excluding hydrogens is 237 g/mol. The van der Waals surface area contributed by atoms with Crippen LogP contribution in [-0.4, -0.2) is 0 Å². The van der Waals surface area contributed by atoms with Crippen molar-refractivity contribution in [3.05, 3.63) is 35.9 Å². The van der Waals surface area contributed by atoms with Gasteiger partial charge in [-0.15, -0.1) is 0 Å². The van der Waals surface area contributed by atoms with Gasteiger partial charge in [0.25, 0.3) is 0 Å². The van der Waals surface area contributed by atoms with Crippen LogP contribution >= 0.6 is 22.9 Å². The van der Waals surface area contributed by atoms with Gasteiger partial charge in [-0.1, -0.05) is 30.3 Å². The quantitative estimate of drug-likeness (QED) is 0.625. The third kappa shape index (κ3) is 1.95. The van der Waals surface area contributed by atoms with Gasteiger partial charge in [-0.2, -0.15) is 0 Å². The van der Waals surface area contributed by atoms with E-state index in [1.807, 2.05) is 6.07 Å². The Morgan fingerprint density at radius 3 is 2.40 bits per heavy atom. The van der Waals surface area contributed by atoms with Crippen molar-refractivity contribution in [1.29, 1.82) is 0 Å². The standard InChI is InChI=1S/C8H10IN/c1-7(10-9)8-5-3-2-4-6-8/h2-7,10H,1H3/t7-/m1/s1. The molecule has 1 atom stereocenters. The van der Waals surface area contributed by atoms with Crippen molar-refractivity contribution in [2.75, 3.05) is 0 Å². The van der Waals surface area contributed by atoms with Crippen molar-refractivity contribution in [3.63, 3.8) is 0 Å². The zero-order chi connectivity index (χ0) is 7.40. The fraction of sp³-hybridized carbons (Fsp3) is 0.250. The molecule has 0 fully saturated rings.